The van der Waals surface area contributed by atoms with Crippen LogP contribution < -0.4 is 4.74 Å². The molecule has 0 aliphatic carbocycles. The topological polar surface area (TPSA) is 44.8 Å². The van der Waals surface area contributed by atoms with Crippen LogP contribution in [0.3, 0.4) is 0 Å². The van der Waals surface area contributed by atoms with Crippen LogP contribution in [-0.2, 0) is 21.7 Å². The molecule has 0 bridgehead atoms. The van der Waals surface area contributed by atoms with Crippen LogP contribution >= 0.6 is 0 Å². The van der Waals surface area contributed by atoms with E-state index in [2.05, 4.69) is 4.74 Å². The predicted octanol–water partition coefficient (Wildman–Crippen LogP) is 6.97. The van der Waals surface area contributed by atoms with Crippen LogP contribution in [0.25, 0.3) is 0 Å². The average Bonchev–Trinajstić information content (AvgIpc) is 2.91. The van der Waals surface area contributed by atoms with E-state index < -0.39 is 18.2 Å². The lowest BCUT2D eigenvalue weighted by Gasteiger charge is -2.36. The SMILES string of the molecule is CCOC(=O)c1cc(COC(c2ccccc2)(c2ccccc2)c2ccccc2)ccc1OC(F)F. The smallest absolute Gasteiger partial charge is 0.387 e. The molecular weight excluding hydrogens is 462 g/mol. The lowest BCUT2D eigenvalue weighted by Crippen LogP contribution is -2.32. The Morgan fingerprint density at radius 1 is 0.778 bits per heavy atom. The van der Waals surface area contributed by atoms with Crippen molar-refractivity contribution in [2.75, 3.05) is 6.61 Å². The van der Waals surface area contributed by atoms with Crippen molar-refractivity contribution < 1.29 is 27.8 Å². The number of alkyl halides is 2. The summed E-state index contributed by atoms with van der Waals surface area (Å²) in [5.74, 6) is -0.983. The zero-order valence-electron chi connectivity index (χ0n) is 19.8. The van der Waals surface area contributed by atoms with Crippen LogP contribution in [0, 0.1) is 0 Å². The van der Waals surface area contributed by atoms with Gasteiger partial charge in [-0.15, -0.1) is 0 Å². The number of ether oxygens (including phenoxy) is 3. The van der Waals surface area contributed by atoms with E-state index in [9.17, 15) is 13.6 Å². The molecule has 0 aliphatic rings. The van der Waals surface area contributed by atoms with Gasteiger partial charge in [-0.25, -0.2) is 4.79 Å². The summed E-state index contributed by atoms with van der Waals surface area (Å²) in [4.78, 5) is 12.5. The Morgan fingerprint density at radius 2 is 1.28 bits per heavy atom. The Bertz CT molecular complexity index is 1170. The van der Waals surface area contributed by atoms with E-state index in [-0.39, 0.29) is 24.5 Å². The molecule has 4 aromatic carbocycles. The number of carbonyl (C=O) groups is 1. The molecule has 0 atom stereocenters. The number of hydrogen-bond donors (Lipinski definition) is 0. The average molecular weight is 489 g/mol. The summed E-state index contributed by atoms with van der Waals surface area (Å²) in [6, 6.07) is 34.0. The largest absolute Gasteiger partial charge is 0.462 e. The highest BCUT2D eigenvalue weighted by atomic mass is 19.3. The normalized spacial score (nSPS) is 11.3. The molecule has 0 spiro atoms. The Labute approximate surface area is 209 Å². The molecule has 0 N–H and O–H groups in total. The van der Waals surface area contributed by atoms with Gasteiger partial charge in [0.05, 0.1) is 13.2 Å². The molecule has 0 radical (unpaired) electrons. The second-order valence-corrected chi connectivity index (χ2v) is 8.00. The van der Waals surface area contributed by atoms with Crippen molar-refractivity contribution in [2.24, 2.45) is 0 Å². The first-order chi connectivity index (χ1) is 17.5. The molecule has 4 aromatic rings. The van der Waals surface area contributed by atoms with E-state index in [0.717, 1.165) is 16.7 Å². The number of halogens is 2. The van der Waals surface area contributed by atoms with Crippen molar-refractivity contribution in [3.8, 4) is 5.75 Å². The predicted molar refractivity (Wildman–Crippen MR) is 133 cm³/mol. The first kappa shape index (κ1) is 25.1. The third-order valence-electron chi connectivity index (χ3n) is 5.75. The minimum Gasteiger partial charge on any atom is -0.462 e. The molecule has 0 saturated heterocycles. The maximum Gasteiger partial charge on any atom is 0.387 e. The highest BCUT2D eigenvalue weighted by molar-refractivity contribution is 5.92. The maximum absolute atomic E-state index is 12.9. The summed E-state index contributed by atoms with van der Waals surface area (Å²) in [5, 5.41) is 0. The summed E-state index contributed by atoms with van der Waals surface area (Å²) in [5.41, 5.74) is 2.32. The van der Waals surface area contributed by atoms with Crippen molar-refractivity contribution >= 4 is 5.97 Å². The van der Waals surface area contributed by atoms with Gasteiger partial charge in [-0.05, 0) is 41.3 Å². The van der Waals surface area contributed by atoms with E-state index in [1.165, 1.54) is 12.1 Å². The van der Waals surface area contributed by atoms with Crippen LogP contribution in [-0.4, -0.2) is 19.2 Å². The standard InChI is InChI=1S/C30H26F2O4/c1-2-34-28(33)26-20-22(18-19-27(26)36-29(31)32)21-35-30(23-12-6-3-7-13-23,24-14-8-4-9-15-24)25-16-10-5-11-17-25/h3-20,29H,2,21H2,1H3. The number of benzene rings is 4. The van der Waals surface area contributed by atoms with Gasteiger partial charge in [0.2, 0.25) is 0 Å². The number of hydrogen-bond acceptors (Lipinski definition) is 4. The van der Waals surface area contributed by atoms with Gasteiger partial charge in [-0.2, -0.15) is 8.78 Å². The lowest BCUT2D eigenvalue weighted by molar-refractivity contribution is -0.0505. The quantitative estimate of drug-likeness (QED) is 0.179. The minimum atomic E-state index is -3.07. The van der Waals surface area contributed by atoms with Crippen LogP contribution in [0.15, 0.2) is 109 Å². The van der Waals surface area contributed by atoms with Crippen molar-refractivity contribution in [3.63, 3.8) is 0 Å². The molecule has 4 rings (SSSR count). The van der Waals surface area contributed by atoms with Crippen LogP contribution in [0.2, 0.25) is 0 Å². The van der Waals surface area contributed by atoms with E-state index in [1.54, 1.807) is 13.0 Å². The second kappa shape index (κ2) is 11.6. The third-order valence-corrected chi connectivity index (χ3v) is 5.75. The highest BCUT2D eigenvalue weighted by Gasteiger charge is 2.37. The fourth-order valence-electron chi connectivity index (χ4n) is 4.19. The summed E-state index contributed by atoms with van der Waals surface area (Å²) in [7, 11) is 0. The molecule has 0 unspecified atom stereocenters. The molecule has 36 heavy (non-hydrogen) atoms. The third kappa shape index (κ3) is 5.44. The fourth-order valence-corrected chi connectivity index (χ4v) is 4.19. The molecule has 0 amide bonds. The maximum atomic E-state index is 12.9. The monoisotopic (exact) mass is 488 g/mol. The van der Waals surface area contributed by atoms with Gasteiger partial charge >= 0.3 is 12.6 Å². The zero-order valence-corrected chi connectivity index (χ0v) is 19.8. The molecule has 4 nitrogen and oxygen atoms in total. The van der Waals surface area contributed by atoms with Crippen LogP contribution in [0.5, 0.6) is 5.75 Å². The molecular formula is C30H26F2O4. The van der Waals surface area contributed by atoms with Gasteiger partial charge in [0.25, 0.3) is 0 Å². The Balaban J connectivity index is 1.79. The van der Waals surface area contributed by atoms with E-state index in [4.69, 9.17) is 9.47 Å². The van der Waals surface area contributed by atoms with Gasteiger partial charge in [0, 0.05) is 0 Å². The number of esters is 1. The molecule has 0 saturated carbocycles. The van der Waals surface area contributed by atoms with Gasteiger partial charge in [-0.3, -0.25) is 0 Å². The van der Waals surface area contributed by atoms with Gasteiger partial charge in [0.15, 0.2) is 0 Å². The highest BCUT2D eigenvalue weighted by Crippen LogP contribution is 2.41. The van der Waals surface area contributed by atoms with E-state index in [0.29, 0.717) is 5.56 Å². The van der Waals surface area contributed by atoms with E-state index in [1.807, 2.05) is 91.0 Å². The Hall–Kier alpha value is -4.03. The van der Waals surface area contributed by atoms with Gasteiger partial charge < -0.3 is 14.2 Å². The Kier molecular flexibility index (Phi) is 8.08. The molecule has 0 fully saturated rings. The Morgan fingerprint density at radius 3 is 1.72 bits per heavy atom. The fraction of sp³-hybridized carbons (Fsp3) is 0.167. The molecule has 0 aromatic heterocycles. The van der Waals surface area contributed by atoms with Crippen LogP contribution in [0.1, 0.15) is 39.5 Å². The summed E-state index contributed by atoms with van der Waals surface area (Å²) >= 11 is 0. The van der Waals surface area contributed by atoms with Gasteiger partial charge in [0.1, 0.15) is 16.9 Å². The first-order valence-electron chi connectivity index (χ1n) is 11.6. The number of rotatable bonds is 10. The lowest BCUT2D eigenvalue weighted by atomic mass is 9.80. The van der Waals surface area contributed by atoms with Crippen LogP contribution in [0.4, 0.5) is 8.78 Å². The minimum absolute atomic E-state index is 0.0806. The number of carbonyl (C=O) groups excluding carboxylic acids is 1. The molecule has 0 aliphatic heterocycles. The molecule has 6 heteroatoms. The molecule has 184 valence electrons. The van der Waals surface area contributed by atoms with Crippen molar-refractivity contribution in [1.82, 2.24) is 0 Å². The second-order valence-electron chi connectivity index (χ2n) is 8.00. The van der Waals surface area contributed by atoms with Crippen molar-refractivity contribution in [3.05, 3.63) is 137 Å². The molecule has 0 heterocycles. The van der Waals surface area contributed by atoms with Crippen molar-refractivity contribution in [1.29, 1.82) is 0 Å². The zero-order chi connectivity index (χ0) is 25.4. The van der Waals surface area contributed by atoms with Gasteiger partial charge in [-0.1, -0.05) is 97.1 Å². The summed E-state index contributed by atoms with van der Waals surface area (Å²) in [6.07, 6.45) is 0. The van der Waals surface area contributed by atoms with Crippen molar-refractivity contribution in [2.45, 2.75) is 25.7 Å². The first-order valence-corrected chi connectivity index (χ1v) is 11.6. The summed E-state index contributed by atoms with van der Waals surface area (Å²) < 4.78 is 42.2. The summed E-state index contributed by atoms with van der Waals surface area (Å²) in [6.45, 7) is -1.23. The van der Waals surface area contributed by atoms with E-state index >= 15 is 0 Å².